The van der Waals surface area contributed by atoms with Gasteiger partial charge in [-0.15, -0.1) is 0 Å². The summed E-state index contributed by atoms with van der Waals surface area (Å²) in [6.45, 7) is 3.05. The molecular weight excluding hydrogens is 262 g/mol. The Morgan fingerprint density at radius 2 is 1.76 bits per heavy atom. The number of methoxy groups -OCH3 is 1. The molecule has 0 fully saturated rings. The number of para-hydroxylation sites is 1. The van der Waals surface area contributed by atoms with E-state index in [0.29, 0.717) is 11.8 Å². The van der Waals surface area contributed by atoms with Crippen molar-refractivity contribution < 1.29 is 9.84 Å². The first-order valence-corrected chi connectivity index (χ1v) is 7.36. The van der Waals surface area contributed by atoms with Gasteiger partial charge in [0.1, 0.15) is 11.5 Å². The predicted molar refractivity (Wildman–Crippen MR) is 86.0 cm³/mol. The van der Waals surface area contributed by atoms with Crippen molar-refractivity contribution in [2.45, 2.75) is 25.8 Å². The summed E-state index contributed by atoms with van der Waals surface area (Å²) >= 11 is 0. The van der Waals surface area contributed by atoms with Crippen LogP contribution in [0, 0.1) is 0 Å². The van der Waals surface area contributed by atoms with Crippen LogP contribution in [0.1, 0.15) is 18.1 Å². The molecule has 21 heavy (non-hydrogen) atoms. The van der Waals surface area contributed by atoms with Gasteiger partial charge in [0.05, 0.1) is 7.11 Å². The molecule has 3 heteroatoms. The summed E-state index contributed by atoms with van der Waals surface area (Å²) < 4.78 is 5.43. The monoisotopic (exact) mass is 285 g/mol. The van der Waals surface area contributed by atoms with Crippen molar-refractivity contribution in [3.05, 3.63) is 59.7 Å². The summed E-state index contributed by atoms with van der Waals surface area (Å²) in [6, 6.07) is 15.9. The molecule has 0 aliphatic rings. The van der Waals surface area contributed by atoms with E-state index < -0.39 is 0 Å². The van der Waals surface area contributed by atoms with Crippen LogP contribution in [0.25, 0.3) is 0 Å². The molecule has 1 atom stereocenters. The van der Waals surface area contributed by atoms with E-state index in [-0.39, 0.29) is 0 Å². The highest BCUT2D eigenvalue weighted by Crippen LogP contribution is 2.20. The fraction of sp³-hybridized carbons (Fsp3) is 0.333. The van der Waals surface area contributed by atoms with Crippen molar-refractivity contribution in [3.63, 3.8) is 0 Å². The van der Waals surface area contributed by atoms with Crippen LogP contribution < -0.4 is 10.1 Å². The van der Waals surface area contributed by atoms with Crippen LogP contribution in [0.4, 0.5) is 0 Å². The van der Waals surface area contributed by atoms with Gasteiger partial charge in [0.15, 0.2) is 0 Å². The van der Waals surface area contributed by atoms with Crippen molar-refractivity contribution in [3.8, 4) is 11.5 Å². The lowest BCUT2D eigenvalue weighted by Crippen LogP contribution is -2.33. The Morgan fingerprint density at radius 3 is 2.43 bits per heavy atom. The van der Waals surface area contributed by atoms with E-state index in [0.717, 1.165) is 25.1 Å². The molecule has 1 unspecified atom stereocenters. The molecule has 0 saturated heterocycles. The maximum absolute atomic E-state index is 9.37. The zero-order valence-electron chi connectivity index (χ0n) is 12.7. The van der Waals surface area contributed by atoms with Crippen LogP contribution in [0.15, 0.2) is 48.5 Å². The van der Waals surface area contributed by atoms with Crippen LogP contribution >= 0.6 is 0 Å². The fourth-order valence-corrected chi connectivity index (χ4v) is 2.56. The topological polar surface area (TPSA) is 41.5 Å². The zero-order valence-corrected chi connectivity index (χ0v) is 12.7. The molecule has 0 heterocycles. The molecule has 0 aromatic heterocycles. The molecule has 0 bridgehead atoms. The van der Waals surface area contributed by atoms with Crippen molar-refractivity contribution in [2.75, 3.05) is 13.7 Å². The number of aromatic hydroxyl groups is 1. The standard InChI is InChI=1S/C18H23NO2/c1-3-19-16(12-14-8-10-17(20)11-9-14)13-15-6-4-5-7-18(15)21-2/h4-11,16,19-20H,3,12-13H2,1-2H3. The zero-order chi connectivity index (χ0) is 15.1. The first-order chi connectivity index (χ1) is 10.2. The van der Waals surface area contributed by atoms with Crippen molar-refractivity contribution in [1.29, 1.82) is 0 Å². The summed E-state index contributed by atoms with van der Waals surface area (Å²) in [4.78, 5) is 0. The molecule has 2 rings (SSSR count). The van der Waals surface area contributed by atoms with Crippen LogP contribution in [-0.2, 0) is 12.8 Å². The predicted octanol–water partition coefficient (Wildman–Crippen LogP) is 3.16. The van der Waals surface area contributed by atoms with Gasteiger partial charge in [-0.1, -0.05) is 37.3 Å². The number of ether oxygens (including phenoxy) is 1. The van der Waals surface area contributed by atoms with Gasteiger partial charge in [0, 0.05) is 6.04 Å². The van der Waals surface area contributed by atoms with Crippen molar-refractivity contribution in [1.82, 2.24) is 5.32 Å². The summed E-state index contributed by atoms with van der Waals surface area (Å²) in [7, 11) is 1.71. The third kappa shape index (κ3) is 4.50. The van der Waals surface area contributed by atoms with Gasteiger partial charge in [-0.3, -0.25) is 0 Å². The summed E-state index contributed by atoms with van der Waals surface area (Å²) in [5, 5.41) is 12.9. The molecule has 2 aromatic carbocycles. The van der Waals surface area contributed by atoms with Crippen molar-refractivity contribution in [2.24, 2.45) is 0 Å². The number of benzene rings is 2. The number of rotatable bonds is 7. The molecule has 0 aliphatic carbocycles. The van der Waals surface area contributed by atoms with E-state index in [1.807, 2.05) is 30.3 Å². The molecule has 3 nitrogen and oxygen atoms in total. The Kier molecular flexibility index (Phi) is 5.64. The van der Waals surface area contributed by atoms with Gasteiger partial charge >= 0.3 is 0 Å². The lowest BCUT2D eigenvalue weighted by Gasteiger charge is -2.19. The van der Waals surface area contributed by atoms with Gasteiger partial charge in [0.25, 0.3) is 0 Å². The second kappa shape index (κ2) is 7.70. The lowest BCUT2D eigenvalue weighted by atomic mass is 9.98. The van der Waals surface area contributed by atoms with Gasteiger partial charge in [0.2, 0.25) is 0 Å². The van der Waals surface area contributed by atoms with E-state index in [1.54, 1.807) is 19.2 Å². The first-order valence-electron chi connectivity index (χ1n) is 7.36. The molecule has 0 amide bonds. The lowest BCUT2D eigenvalue weighted by molar-refractivity contribution is 0.404. The minimum Gasteiger partial charge on any atom is -0.508 e. The van der Waals surface area contributed by atoms with Crippen LogP contribution in [0.2, 0.25) is 0 Å². The minimum atomic E-state index is 0.309. The normalized spacial score (nSPS) is 12.1. The summed E-state index contributed by atoms with van der Waals surface area (Å²) in [6.07, 6.45) is 1.84. The molecule has 0 radical (unpaired) electrons. The van der Waals surface area contributed by atoms with E-state index in [2.05, 4.69) is 18.3 Å². The Labute approximate surface area is 126 Å². The van der Waals surface area contributed by atoms with Crippen LogP contribution in [0.5, 0.6) is 11.5 Å². The number of hydrogen-bond acceptors (Lipinski definition) is 3. The third-order valence-electron chi connectivity index (χ3n) is 3.57. The van der Waals surface area contributed by atoms with Crippen LogP contribution in [-0.4, -0.2) is 24.8 Å². The minimum absolute atomic E-state index is 0.309. The molecule has 0 saturated carbocycles. The number of phenols is 1. The Bertz CT molecular complexity index is 551. The Hall–Kier alpha value is -2.00. The van der Waals surface area contributed by atoms with Crippen LogP contribution in [0.3, 0.4) is 0 Å². The average molecular weight is 285 g/mol. The largest absolute Gasteiger partial charge is 0.508 e. The van der Waals surface area contributed by atoms with E-state index in [4.69, 9.17) is 4.74 Å². The van der Waals surface area contributed by atoms with Gasteiger partial charge in [-0.25, -0.2) is 0 Å². The highest BCUT2D eigenvalue weighted by Gasteiger charge is 2.12. The smallest absolute Gasteiger partial charge is 0.122 e. The molecule has 0 spiro atoms. The molecule has 2 N–H and O–H groups in total. The molecule has 112 valence electrons. The van der Waals surface area contributed by atoms with Gasteiger partial charge < -0.3 is 15.2 Å². The Morgan fingerprint density at radius 1 is 1.05 bits per heavy atom. The quantitative estimate of drug-likeness (QED) is 0.821. The Balaban J connectivity index is 2.09. The molecular formula is C18H23NO2. The van der Waals surface area contributed by atoms with E-state index in [9.17, 15) is 5.11 Å². The number of likely N-dealkylation sites (N-methyl/N-ethyl adjacent to an activating group) is 1. The SMILES string of the molecule is CCNC(Cc1ccc(O)cc1)Cc1ccccc1OC. The molecule has 0 aliphatic heterocycles. The maximum Gasteiger partial charge on any atom is 0.122 e. The van der Waals surface area contributed by atoms with E-state index in [1.165, 1.54) is 11.1 Å². The third-order valence-corrected chi connectivity index (χ3v) is 3.57. The molecule has 2 aromatic rings. The highest BCUT2D eigenvalue weighted by molar-refractivity contribution is 5.34. The summed E-state index contributed by atoms with van der Waals surface area (Å²) in [5.74, 6) is 1.24. The number of hydrogen-bond donors (Lipinski definition) is 2. The van der Waals surface area contributed by atoms with E-state index >= 15 is 0 Å². The number of nitrogens with one attached hydrogen (secondary N) is 1. The second-order valence-electron chi connectivity index (χ2n) is 5.14. The average Bonchev–Trinajstić information content (AvgIpc) is 2.50. The van der Waals surface area contributed by atoms with Crippen molar-refractivity contribution >= 4 is 0 Å². The highest BCUT2D eigenvalue weighted by atomic mass is 16.5. The maximum atomic E-state index is 9.37. The van der Waals surface area contributed by atoms with Gasteiger partial charge in [-0.2, -0.15) is 0 Å². The first kappa shape index (κ1) is 15.4. The van der Waals surface area contributed by atoms with Gasteiger partial charge in [-0.05, 0) is 48.7 Å². The summed E-state index contributed by atoms with van der Waals surface area (Å²) in [5.41, 5.74) is 2.43. The number of phenolic OH excluding ortho intramolecular Hbond substituents is 1. The second-order valence-corrected chi connectivity index (χ2v) is 5.14. The fourth-order valence-electron chi connectivity index (χ4n) is 2.56.